The Balaban J connectivity index is 1.38. The smallest absolute Gasteiger partial charge is 0.343 e. The molecule has 4 aromatic rings. The summed E-state index contributed by atoms with van der Waals surface area (Å²) in [5, 5.41) is 13.7. The molecular formula is C29H23N3O5. The Morgan fingerprint density at radius 2 is 1.86 bits per heavy atom. The van der Waals surface area contributed by atoms with Crippen LogP contribution in [0.3, 0.4) is 0 Å². The van der Waals surface area contributed by atoms with E-state index in [0.29, 0.717) is 46.2 Å². The minimum Gasteiger partial charge on any atom is -0.497 e. The number of allylic oxidation sites excluding steroid dienone is 1. The first-order chi connectivity index (χ1) is 18.0. The monoisotopic (exact) mass is 493 g/mol. The standard InChI is InChI=1S/C29H23N3O5/c1-17(2)35-25-13-9-19(15-20(25)16-30)28-31-27(32-37-28)24-6-4-5-23-22(24)12-14-26(23)36-29(33)18-7-10-21(34-3)11-8-18/h4-11,13-15,17H,12H2,1-3H3. The number of fused-ring (bicyclic) bond motifs is 1. The van der Waals surface area contributed by atoms with Crippen molar-refractivity contribution in [1.82, 2.24) is 10.1 Å². The van der Waals surface area contributed by atoms with E-state index < -0.39 is 5.97 Å². The number of esters is 1. The summed E-state index contributed by atoms with van der Waals surface area (Å²) in [5.74, 6) is 1.90. The first kappa shape index (κ1) is 23.8. The van der Waals surface area contributed by atoms with Gasteiger partial charge in [0.1, 0.15) is 23.3 Å². The van der Waals surface area contributed by atoms with Gasteiger partial charge in [0.05, 0.1) is 24.3 Å². The Labute approximate surface area is 213 Å². The Bertz CT molecular complexity index is 1540. The molecule has 0 fully saturated rings. The van der Waals surface area contributed by atoms with E-state index in [-0.39, 0.29) is 12.0 Å². The molecule has 0 aliphatic heterocycles. The van der Waals surface area contributed by atoms with Crippen molar-refractivity contribution in [1.29, 1.82) is 5.26 Å². The molecule has 1 heterocycles. The van der Waals surface area contributed by atoms with E-state index >= 15 is 0 Å². The van der Waals surface area contributed by atoms with Crippen LogP contribution in [0.5, 0.6) is 11.5 Å². The lowest BCUT2D eigenvalue weighted by Gasteiger charge is -2.11. The van der Waals surface area contributed by atoms with Gasteiger partial charge in [-0.3, -0.25) is 0 Å². The SMILES string of the molecule is COc1ccc(C(=O)OC2=CCc3c2cccc3-c2noc(-c3ccc(OC(C)C)c(C#N)c3)n2)cc1. The molecule has 0 unspecified atom stereocenters. The van der Waals surface area contributed by atoms with E-state index in [0.717, 1.165) is 16.7 Å². The molecule has 0 N–H and O–H groups in total. The summed E-state index contributed by atoms with van der Waals surface area (Å²) >= 11 is 0. The highest BCUT2D eigenvalue weighted by atomic mass is 16.5. The lowest BCUT2D eigenvalue weighted by Crippen LogP contribution is -2.06. The van der Waals surface area contributed by atoms with Crippen molar-refractivity contribution in [2.75, 3.05) is 7.11 Å². The molecule has 0 spiro atoms. The van der Waals surface area contributed by atoms with E-state index in [1.807, 2.05) is 38.1 Å². The molecule has 1 aromatic heterocycles. The fourth-order valence-corrected chi connectivity index (χ4v) is 4.09. The average molecular weight is 494 g/mol. The maximum atomic E-state index is 12.7. The molecular weight excluding hydrogens is 470 g/mol. The van der Waals surface area contributed by atoms with E-state index in [4.69, 9.17) is 18.7 Å². The van der Waals surface area contributed by atoms with Gasteiger partial charge in [-0.1, -0.05) is 23.4 Å². The van der Waals surface area contributed by atoms with Gasteiger partial charge in [-0.05, 0) is 74.4 Å². The van der Waals surface area contributed by atoms with E-state index in [1.54, 1.807) is 49.6 Å². The lowest BCUT2D eigenvalue weighted by atomic mass is 10.0. The third kappa shape index (κ3) is 4.80. The first-order valence-corrected chi connectivity index (χ1v) is 11.7. The quantitative estimate of drug-likeness (QED) is 0.296. The Morgan fingerprint density at radius 1 is 1.08 bits per heavy atom. The summed E-state index contributed by atoms with van der Waals surface area (Å²) in [4.78, 5) is 17.3. The van der Waals surface area contributed by atoms with Gasteiger partial charge in [0.25, 0.3) is 5.89 Å². The minimum atomic E-state index is -0.452. The van der Waals surface area contributed by atoms with Gasteiger partial charge >= 0.3 is 5.97 Å². The fraction of sp³-hybridized carbons (Fsp3) is 0.172. The van der Waals surface area contributed by atoms with Gasteiger partial charge < -0.3 is 18.7 Å². The van der Waals surface area contributed by atoms with Crippen LogP contribution in [0, 0.1) is 11.3 Å². The second-order valence-electron chi connectivity index (χ2n) is 8.63. The summed E-state index contributed by atoms with van der Waals surface area (Å²) < 4.78 is 22.1. The molecule has 0 saturated heterocycles. The molecule has 184 valence electrons. The Morgan fingerprint density at radius 3 is 2.59 bits per heavy atom. The summed E-state index contributed by atoms with van der Waals surface area (Å²) in [6, 6.07) is 19.7. The number of ether oxygens (including phenoxy) is 3. The molecule has 8 nitrogen and oxygen atoms in total. The molecule has 8 heteroatoms. The number of hydrogen-bond donors (Lipinski definition) is 0. The Kier molecular flexibility index (Phi) is 6.43. The zero-order valence-corrected chi connectivity index (χ0v) is 20.5. The van der Waals surface area contributed by atoms with Gasteiger partial charge in [0.2, 0.25) is 5.82 Å². The summed E-state index contributed by atoms with van der Waals surface area (Å²) in [6.45, 7) is 3.80. The highest BCUT2D eigenvalue weighted by Gasteiger charge is 2.24. The second kappa shape index (κ2) is 9.99. The highest BCUT2D eigenvalue weighted by Crippen LogP contribution is 2.36. The van der Waals surface area contributed by atoms with Crippen LogP contribution in [0.15, 0.2) is 71.3 Å². The molecule has 3 aromatic carbocycles. The number of aromatic nitrogens is 2. The van der Waals surface area contributed by atoms with E-state index in [1.165, 1.54) is 0 Å². The number of carbonyl (C=O) groups excluding carboxylic acids is 1. The number of benzene rings is 3. The van der Waals surface area contributed by atoms with Gasteiger partial charge in [-0.15, -0.1) is 0 Å². The van der Waals surface area contributed by atoms with Crippen LogP contribution in [0.1, 0.15) is 40.9 Å². The van der Waals surface area contributed by atoms with Crippen molar-refractivity contribution < 1.29 is 23.5 Å². The zero-order valence-electron chi connectivity index (χ0n) is 20.5. The number of rotatable bonds is 7. The van der Waals surface area contributed by atoms with Gasteiger partial charge in [0.15, 0.2) is 0 Å². The predicted octanol–water partition coefficient (Wildman–Crippen LogP) is 5.83. The number of nitrogens with zero attached hydrogens (tertiary/aromatic N) is 3. The topological polar surface area (TPSA) is 107 Å². The van der Waals surface area contributed by atoms with Crippen LogP contribution >= 0.6 is 0 Å². The molecule has 0 bridgehead atoms. The number of hydrogen-bond acceptors (Lipinski definition) is 8. The molecule has 1 aliphatic rings. The summed E-state index contributed by atoms with van der Waals surface area (Å²) in [5.41, 5.74) is 3.94. The van der Waals surface area contributed by atoms with Crippen molar-refractivity contribution in [3.63, 3.8) is 0 Å². The van der Waals surface area contributed by atoms with Crippen molar-refractivity contribution in [2.24, 2.45) is 0 Å². The molecule has 0 amide bonds. The number of methoxy groups -OCH3 is 1. The Hall–Kier alpha value is -4.90. The molecule has 37 heavy (non-hydrogen) atoms. The van der Waals surface area contributed by atoms with Gasteiger partial charge in [-0.25, -0.2) is 4.79 Å². The second-order valence-corrected chi connectivity index (χ2v) is 8.63. The minimum absolute atomic E-state index is 0.0536. The third-order valence-corrected chi connectivity index (χ3v) is 5.84. The fourth-order valence-electron chi connectivity index (χ4n) is 4.09. The summed E-state index contributed by atoms with van der Waals surface area (Å²) in [6.07, 6.45) is 2.37. The van der Waals surface area contributed by atoms with Gasteiger partial charge in [0, 0.05) is 16.7 Å². The maximum absolute atomic E-state index is 12.7. The van der Waals surface area contributed by atoms with Crippen LogP contribution in [0.2, 0.25) is 0 Å². The van der Waals surface area contributed by atoms with Crippen LogP contribution in [0.4, 0.5) is 0 Å². The number of carbonyl (C=O) groups is 1. The van der Waals surface area contributed by atoms with Crippen LogP contribution in [0.25, 0.3) is 28.6 Å². The normalized spacial score (nSPS) is 12.0. The number of nitriles is 1. The molecule has 5 rings (SSSR count). The predicted molar refractivity (Wildman–Crippen MR) is 136 cm³/mol. The molecule has 0 saturated carbocycles. The summed E-state index contributed by atoms with van der Waals surface area (Å²) in [7, 11) is 1.57. The van der Waals surface area contributed by atoms with Crippen LogP contribution in [-0.4, -0.2) is 29.3 Å². The highest BCUT2D eigenvalue weighted by molar-refractivity contribution is 5.94. The lowest BCUT2D eigenvalue weighted by molar-refractivity contribution is 0.0692. The average Bonchev–Trinajstić information content (AvgIpc) is 3.56. The van der Waals surface area contributed by atoms with E-state index in [9.17, 15) is 10.1 Å². The van der Waals surface area contributed by atoms with E-state index in [2.05, 4.69) is 16.2 Å². The van der Waals surface area contributed by atoms with Crippen molar-refractivity contribution in [3.05, 3.63) is 89.0 Å². The van der Waals surface area contributed by atoms with Crippen molar-refractivity contribution >= 4 is 11.7 Å². The molecule has 0 radical (unpaired) electrons. The molecule has 0 atom stereocenters. The largest absolute Gasteiger partial charge is 0.497 e. The van der Waals surface area contributed by atoms with Crippen molar-refractivity contribution in [2.45, 2.75) is 26.4 Å². The van der Waals surface area contributed by atoms with Crippen LogP contribution in [-0.2, 0) is 11.2 Å². The van der Waals surface area contributed by atoms with Crippen molar-refractivity contribution in [3.8, 4) is 40.4 Å². The van der Waals surface area contributed by atoms with Gasteiger partial charge in [-0.2, -0.15) is 10.2 Å². The zero-order chi connectivity index (χ0) is 25.9. The third-order valence-electron chi connectivity index (χ3n) is 5.84. The first-order valence-electron chi connectivity index (χ1n) is 11.7. The van der Waals surface area contributed by atoms with Crippen LogP contribution < -0.4 is 9.47 Å². The molecule has 1 aliphatic carbocycles. The maximum Gasteiger partial charge on any atom is 0.343 e.